The first-order valence-electron chi connectivity index (χ1n) is 7.23. The van der Waals surface area contributed by atoms with Gasteiger partial charge in [0, 0.05) is 23.9 Å². The number of nitrogens with zero attached hydrogens (tertiary/aromatic N) is 8. The highest BCUT2D eigenvalue weighted by Crippen LogP contribution is 2.20. The molecule has 0 aliphatic heterocycles. The summed E-state index contributed by atoms with van der Waals surface area (Å²) in [5.41, 5.74) is -0.121. The summed E-state index contributed by atoms with van der Waals surface area (Å²) in [5, 5.41) is 23.9. The number of aryl methyl sites for hydroxylation is 2. The molecule has 0 aromatic carbocycles. The van der Waals surface area contributed by atoms with Gasteiger partial charge in [0.25, 0.3) is 0 Å². The number of tetrazole rings is 2. The largest absolute Gasteiger partial charge is 0.229 e. The maximum Gasteiger partial charge on any atom is 0.156 e. The van der Waals surface area contributed by atoms with Gasteiger partial charge in [-0.2, -0.15) is 0 Å². The minimum absolute atomic E-state index is 0.0606. The molecule has 0 aliphatic rings. The predicted molar refractivity (Wildman–Crippen MR) is 77.7 cm³/mol. The molecule has 21 heavy (non-hydrogen) atoms. The minimum Gasteiger partial charge on any atom is -0.229 e. The highest BCUT2D eigenvalue weighted by molar-refractivity contribution is 4.99. The smallest absolute Gasteiger partial charge is 0.156 e. The monoisotopic (exact) mass is 292 g/mol. The Labute approximate surface area is 124 Å². The van der Waals surface area contributed by atoms with Crippen LogP contribution in [0.5, 0.6) is 0 Å². The summed E-state index contributed by atoms with van der Waals surface area (Å²) in [6, 6.07) is 0. The van der Waals surface area contributed by atoms with Crippen molar-refractivity contribution in [3.8, 4) is 0 Å². The Morgan fingerprint density at radius 2 is 1.10 bits per heavy atom. The number of hydrogen-bond acceptors (Lipinski definition) is 6. The second kappa shape index (κ2) is 5.50. The van der Waals surface area contributed by atoms with E-state index in [0.717, 1.165) is 31.2 Å². The lowest BCUT2D eigenvalue weighted by Crippen LogP contribution is -2.22. The summed E-state index contributed by atoms with van der Waals surface area (Å²) < 4.78 is 3.72. The van der Waals surface area contributed by atoms with Crippen LogP contribution in [0.25, 0.3) is 0 Å². The van der Waals surface area contributed by atoms with Gasteiger partial charge in [-0.25, -0.2) is 9.36 Å². The van der Waals surface area contributed by atoms with Crippen LogP contribution < -0.4 is 0 Å². The molecule has 0 amide bonds. The molecule has 0 saturated carbocycles. The number of aromatic nitrogens is 8. The summed E-state index contributed by atoms with van der Waals surface area (Å²) in [4.78, 5) is 0. The van der Waals surface area contributed by atoms with Gasteiger partial charge < -0.3 is 0 Å². The SMILES string of the molecule is CC(C)(C)c1nnnn1CCCn1nnnc1C(C)(C)C. The van der Waals surface area contributed by atoms with E-state index in [1.807, 2.05) is 9.36 Å². The van der Waals surface area contributed by atoms with E-state index < -0.39 is 0 Å². The lowest BCUT2D eigenvalue weighted by Gasteiger charge is -2.18. The van der Waals surface area contributed by atoms with E-state index in [0.29, 0.717) is 0 Å². The third kappa shape index (κ3) is 3.62. The topological polar surface area (TPSA) is 87.2 Å². The molecule has 0 unspecified atom stereocenters. The third-order valence-electron chi connectivity index (χ3n) is 3.15. The van der Waals surface area contributed by atoms with E-state index >= 15 is 0 Å². The summed E-state index contributed by atoms with van der Waals surface area (Å²) in [6.45, 7) is 14.1. The lowest BCUT2D eigenvalue weighted by atomic mass is 9.95. The van der Waals surface area contributed by atoms with Crippen molar-refractivity contribution in [1.29, 1.82) is 0 Å². The van der Waals surface area contributed by atoms with E-state index in [1.165, 1.54) is 0 Å². The maximum absolute atomic E-state index is 4.11. The van der Waals surface area contributed by atoms with Crippen molar-refractivity contribution >= 4 is 0 Å². The first-order chi connectivity index (χ1) is 9.69. The average Bonchev–Trinajstić information content (AvgIpc) is 2.94. The molecule has 2 heterocycles. The van der Waals surface area contributed by atoms with Gasteiger partial charge in [-0.1, -0.05) is 41.5 Å². The molecule has 8 heteroatoms. The molecular weight excluding hydrogens is 268 g/mol. The van der Waals surface area contributed by atoms with Gasteiger partial charge in [-0.3, -0.25) is 0 Å². The van der Waals surface area contributed by atoms with Crippen LogP contribution >= 0.6 is 0 Å². The molecule has 0 radical (unpaired) electrons. The molecule has 8 nitrogen and oxygen atoms in total. The molecular formula is C13H24N8. The molecule has 0 atom stereocenters. The minimum atomic E-state index is -0.0606. The van der Waals surface area contributed by atoms with Crippen LogP contribution in [0.15, 0.2) is 0 Å². The van der Waals surface area contributed by atoms with Crippen molar-refractivity contribution in [2.75, 3.05) is 0 Å². The van der Waals surface area contributed by atoms with Gasteiger partial charge in [0.1, 0.15) is 0 Å². The molecule has 116 valence electrons. The zero-order valence-electron chi connectivity index (χ0n) is 13.7. The Bertz CT molecular complexity index is 532. The second-order valence-electron chi connectivity index (χ2n) is 7.30. The van der Waals surface area contributed by atoms with Crippen LogP contribution in [0.2, 0.25) is 0 Å². The first kappa shape index (κ1) is 15.5. The molecule has 2 aromatic rings. The van der Waals surface area contributed by atoms with E-state index in [9.17, 15) is 0 Å². The van der Waals surface area contributed by atoms with E-state index in [1.54, 1.807) is 0 Å². The quantitative estimate of drug-likeness (QED) is 0.845. The molecule has 0 saturated heterocycles. The lowest BCUT2D eigenvalue weighted by molar-refractivity contribution is 0.416. The number of hydrogen-bond donors (Lipinski definition) is 0. The second-order valence-corrected chi connectivity index (χ2v) is 7.30. The average molecular weight is 292 g/mol. The molecule has 0 spiro atoms. The van der Waals surface area contributed by atoms with Gasteiger partial charge >= 0.3 is 0 Å². The van der Waals surface area contributed by atoms with Gasteiger partial charge in [0.2, 0.25) is 0 Å². The predicted octanol–water partition coefficient (Wildman–Crippen LogP) is 1.34. The zero-order valence-corrected chi connectivity index (χ0v) is 13.7. The van der Waals surface area contributed by atoms with Crippen LogP contribution in [0.3, 0.4) is 0 Å². The van der Waals surface area contributed by atoms with Gasteiger partial charge in [0.15, 0.2) is 11.6 Å². The van der Waals surface area contributed by atoms with Crippen LogP contribution in [0.4, 0.5) is 0 Å². The normalized spacial score (nSPS) is 12.9. The highest BCUT2D eigenvalue weighted by Gasteiger charge is 2.23. The maximum atomic E-state index is 4.11. The molecule has 2 aromatic heterocycles. The fraction of sp³-hybridized carbons (Fsp3) is 0.846. The van der Waals surface area contributed by atoms with Gasteiger partial charge in [0.05, 0.1) is 0 Å². The molecule has 0 fully saturated rings. The Morgan fingerprint density at radius 1 is 0.714 bits per heavy atom. The van der Waals surface area contributed by atoms with Crippen molar-refractivity contribution < 1.29 is 0 Å². The number of rotatable bonds is 4. The summed E-state index contributed by atoms with van der Waals surface area (Å²) in [6.07, 6.45) is 0.877. The summed E-state index contributed by atoms with van der Waals surface area (Å²) in [5.74, 6) is 1.80. The molecule has 0 N–H and O–H groups in total. The van der Waals surface area contributed by atoms with Crippen LogP contribution in [0.1, 0.15) is 59.6 Å². The molecule has 0 bridgehead atoms. The molecule has 2 rings (SSSR count). The first-order valence-corrected chi connectivity index (χ1v) is 7.23. The fourth-order valence-corrected chi connectivity index (χ4v) is 2.16. The summed E-state index contributed by atoms with van der Waals surface area (Å²) >= 11 is 0. The van der Waals surface area contributed by atoms with Crippen molar-refractivity contribution in [2.45, 2.75) is 71.9 Å². The van der Waals surface area contributed by atoms with Crippen molar-refractivity contribution in [3.05, 3.63) is 11.6 Å². The van der Waals surface area contributed by atoms with Crippen molar-refractivity contribution in [2.24, 2.45) is 0 Å². The Hall–Kier alpha value is -1.86. The summed E-state index contributed by atoms with van der Waals surface area (Å²) in [7, 11) is 0. The Morgan fingerprint density at radius 3 is 1.43 bits per heavy atom. The Balaban J connectivity index is 2.00. The van der Waals surface area contributed by atoms with Gasteiger partial charge in [-0.05, 0) is 27.3 Å². The van der Waals surface area contributed by atoms with Crippen molar-refractivity contribution in [3.63, 3.8) is 0 Å². The van der Waals surface area contributed by atoms with E-state index in [4.69, 9.17) is 0 Å². The van der Waals surface area contributed by atoms with Crippen LogP contribution in [-0.4, -0.2) is 40.4 Å². The zero-order chi connectivity index (χ0) is 15.7. The van der Waals surface area contributed by atoms with Crippen LogP contribution in [-0.2, 0) is 23.9 Å². The fourth-order valence-electron chi connectivity index (χ4n) is 2.16. The van der Waals surface area contributed by atoms with E-state index in [-0.39, 0.29) is 10.8 Å². The third-order valence-corrected chi connectivity index (χ3v) is 3.15. The highest BCUT2D eigenvalue weighted by atomic mass is 15.6. The van der Waals surface area contributed by atoms with Gasteiger partial charge in [-0.15, -0.1) is 10.2 Å². The van der Waals surface area contributed by atoms with Crippen LogP contribution in [0, 0.1) is 0 Å². The standard InChI is InChI=1S/C13H24N8/c1-12(2,3)10-14-16-18-20(10)8-7-9-21-11(13(4,5)6)15-17-19-21/h7-9H2,1-6H3. The van der Waals surface area contributed by atoms with E-state index in [2.05, 4.69) is 72.6 Å². The molecule has 0 aliphatic carbocycles. The Kier molecular flexibility index (Phi) is 4.06. The van der Waals surface area contributed by atoms with Crippen molar-refractivity contribution in [1.82, 2.24) is 40.4 Å².